The van der Waals surface area contributed by atoms with E-state index in [0.717, 1.165) is 32.5 Å². The maximum Gasteiger partial charge on any atom is 0.415 e. The highest BCUT2D eigenvalue weighted by Crippen LogP contribution is 2.17. The molecular weight excluding hydrogens is 218 g/mol. The van der Waals surface area contributed by atoms with Crippen molar-refractivity contribution in [3.63, 3.8) is 0 Å². The van der Waals surface area contributed by atoms with Gasteiger partial charge in [0.15, 0.2) is 0 Å². The van der Waals surface area contributed by atoms with E-state index in [9.17, 15) is 4.79 Å². The minimum Gasteiger partial charge on any atom is -0.384 e. The summed E-state index contributed by atoms with van der Waals surface area (Å²) in [4.78, 5) is 14.0. The first kappa shape index (κ1) is 12.1. The van der Waals surface area contributed by atoms with Crippen LogP contribution in [0, 0.1) is 5.92 Å². The molecule has 17 heavy (non-hydrogen) atoms. The third-order valence-electron chi connectivity index (χ3n) is 3.28. The third-order valence-corrected chi connectivity index (χ3v) is 3.28. The summed E-state index contributed by atoms with van der Waals surface area (Å²) in [6.45, 7) is 2.46. The van der Waals surface area contributed by atoms with Gasteiger partial charge < -0.3 is 9.64 Å². The van der Waals surface area contributed by atoms with E-state index in [-0.39, 0.29) is 6.03 Å². The van der Waals surface area contributed by atoms with Crippen molar-refractivity contribution in [1.29, 1.82) is 0 Å². The summed E-state index contributed by atoms with van der Waals surface area (Å²) in [5.41, 5.74) is 0. The largest absolute Gasteiger partial charge is 0.415 e. The number of aryl methyl sites for hydroxylation is 1. The zero-order valence-corrected chi connectivity index (χ0v) is 10.5. The molecule has 1 amide bonds. The highest BCUT2D eigenvalue weighted by atomic mass is 16.5. The van der Waals surface area contributed by atoms with Gasteiger partial charge in [0.25, 0.3) is 6.33 Å². The lowest BCUT2D eigenvalue weighted by atomic mass is 9.98. The molecule has 0 saturated carbocycles. The first-order valence-electron chi connectivity index (χ1n) is 6.02. The number of hydrogen-bond donors (Lipinski definition) is 0. The normalized spacial score (nSPS) is 17.4. The van der Waals surface area contributed by atoms with Crippen LogP contribution in [0.2, 0.25) is 0 Å². The minimum atomic E-state index is 0.0708. The van der Waals surface area contributed by atoms with Gasteiger partial charge in [-0.3, -0.25) is 0 Å². The number of carbonyl (C=O) groups is 1. The molecule has 0 radical (unpaired) electrons. The maximum absolute atomic E-state index is 12.1. The molecule has 0 N–H and O–H groups in total. The Morgan fingerprint density at radius 3 is 2.71 bits per heavy atom. The van der Waals surface area contributed by atoms with Gasteiger partial charge in [0, 0.05) is 26.8 Å². The molecule has 1 aromatic heterocycles. The van der Waals surface area contributed by atoms with Crippen LogP contribution in [0.5, 0.6) is 0 Å². The zero-order valence-electron chi connectivity index (χ0n) is 10.5. The van der Waals surface area contributed by atoms with Gasteiger partial charge in [0.1, 0.15) is 12.4 Å². The van der Waals surface area contributed by atoms with Crippen molar-refractivity contribution < 1.29 is 14.1 Å². The molecule has 1 saturated heterocycles. The molecule has 0 atom stereocenters. The first-order chi connectivity index (χ1) is 8.20. The number of ether oxygens (including phenoxy) is 1. The maximum atomic E-state index is 12.1. The Balaban J connectivity index is 1.90. The summed E-state index contributed by atoms with van der Waals surface area (Å²) in [7, 11) is 3.64. The molecule has 0 unspecified atom stereocenters. The molecule has 2 heterocycles. The van der Waals surface area contributed by atoms with Crippen LogP contribution in [0.4, 0.5) is 4.79 Å². The van der Waals surface area contributed by atoms with Gasteiger partial charge in [0.05, 0.1) is 7.05 Å². The average Bonchev–Trinajstić information content (AvgIpc) is 2.76. The standard InChI is InChI=1S/C12H20N3O2/c1-13-7-8-15(10-13)12(16)14-5-3-11(4-6-14)9-17-2/h7-8,10-11H,3-6,9H2,1-2H3/q+1. The molecule has 0 spiro atoms. The van der Waals surface area contributed by atoms with Crippen LogP contribution in [0.15, 0.2) is 18.7 Å². The summed E-state index contributed by atoms with van der Waals surface area (Å²) >= 11 is 0. The molecule has 0 aliphatic carbocycles. The fourth-order valence-electron chi connectivity index (χ4n) is 2.25. The molecule has 1 aromatic rings. The van der Waals surface area contributed by atoms with Crippen molar-refractivity contribution in [3.05, 3.63) is 18.7 Å². The predicted octanol–water partition coefficient (Wildman–Crippen LogP) is 0.639. The van der Waals surface area contributed by atoms with E-state index >= 15 is 0 Å². The van der Waals surface area contributed by atoms with Gasteiger partial charge in [-0.2, -0.15) is 4.57 Å². The average molecular weight is 238 g/mol. The second-order valence-corrected chi connectivity index (χ2v) is 4.65. The molecule has 1 aliphatic rings. The van der Waals surface area contributed by atoms with Crippen molar-refractivity contribution >= 4 is 6.03 Å². The van der Waals surface area contributed by atoms with E-state index in [1.54, 1.807) is 24.2 Å². The van der Waals surface area contributed by atoms with E-state index in [4.69, 9.17) is 4.74 Å². The summed E-state index contributed by atoms with van der Waals surface area (Å²) < 4.78 is 8.66. The molecule has 5 nitrogen and oxygen atoms in total. The van der Waals surface area contributed by atoms with Crippen LogP contribution in [0.25, 0.3) is 0 Å². The molecule has 1 aliphatic heterocycles. The van der Waals surface area contributed by atoms with Crippen LogP contribution in [0.1, 0.15) is 12.8 Å². The van der Waals surface area contributed by atoms with E-state index in [1.165, 1.54) is 0 Å². The number of likely N-dealkylation sites (tertiary alicyclic amines) is 1. The Hall–Kier alpha value is -1.36. The van der Waals surface area contributed by atoms with Crippen LogP contribution in [0.3, 0.4) is 0 Å². The van der Waals surface area contributed by atoms with Gasteiger partial charge in [-0.05, 0) is 18.8 Å². The zero-order chi connectivity index (χ0) is 12.3. The van der Waals surface area contributed by atoms with Gasteiger partial charge in [-0.15, -0.1) is 0 Å². The monoisotopic (exact) mass is 238 g/mol. The molecular formula is C12H20N3O2+. The van der Waals surface area contributed by atoms with Crippen LogP contribution in [-0.4, -0.2) is 42.3 Å². The number of hydrogen-bond acceptors (Lipinski definition) is 2. The van der Waals surface area contributed by atoms with Gasteiger partial charge in [0.2, 0.25) is 0 Å². The van der Waals surface area contributed by atoms with Crippen LogP contribution in [-0.2, 0) is 11.8 Å². The Morgan fingerprint density at radius 1 is 1.47 bits per heavy atom. The fourth-order valence-corrected chi connectivity index (χ4v) is 2.25. The lowest BCUT2D eigenvalue weighted by Crippen LogP contribution is -2.41. The Labute approximate surface area is 102 Å². The van der Waals surface area contributed by atoms with Gasteiger partial charge >= 0.3 is 6.03 Å². The number of imidazole rings is 1. The van der Waals surface area contributed by atoms with Crippen molar-refractivity contribution in [3.8, 4) is 0 Å². The van der Waals surface area contributed by atoms with Crippen molar-refractivity contribution in [2.45, 2.75) is 12.8 Å². The molecule has 1 fully saturated rings. The van der Waals surface area contributed by atoms with Gasteiger partial charge in [-0.1, -0.05) is 0 Å². The second kappa shape index (κ2) is 5.31. The molecule has 0 aromatic carbocycles. The Kier molecular flexibility index (Phi) is 3.78. The van der Waals surface area contributed by atoms with Crippen LogP contribution >= 0.6 is 0 Å². The molecule has 5 heteroatoms. The van der Waals surface area contributed by atoms with E-state index in [0.29, 0.717) is 5.92 Å². The summed E-state index contributed by atoms with van der Waals surface area (Å²) in [5, 5.41) is 0. The minimum absolute atomic E-state index is 0.0708. The number of methoxy groups -OCH3 is 1. The number of carbonyl (C=O) groups excluding carboxylic acids is 1. The second-order valence-electron chi connectivity index (χ2n) is 4.65. The Morgan fingerprint density at radius 2 is 2.18 bits per heavy atom. The summed E-state index contributed by atoms with van der Waals surface area (Å²) in [6.07, 6.45) is 7.53. The molecule has 0 bridgehead atoms. The van der Waals surface area contributed by atoms with E-state index in [1.807, 2.05) is 22.7 Å². The van der Waals surface area contributed by atoms with Crippen LogP contribution < -0.4 is 4.57 Å². The van der Waals surface area contributed by atoms with E-state index in [2.05, 4.69) is 0 Å². The number of rotatable bonds is 2. The van der Waals surface area contributed by atoms with E-state index < -0.39 is 0 Å². The van der Waals surface area contributed by atoms with Gasteiger partial charge in [-0.25, -0.2) is 9.36 Å². The van der Waals surface area contributed by atoms with Crippen molar-refractivity contribution in [1.82, 2.24) is 9.47 Å². The quantitative estimate of drug-likeness (QED) is 0.709. The van der Waals surface area contributed by atoms with Crippen molar-refractivity contribution in [2.75, 3.05) is 26.8 Å². The lowest BCUT2D eigenvalue weighted by molar-refractivity contribution is -0.670. The predicted molar refractivity (Wildman–Crippen MR) is 62.6 cm³/mol. The molecule has 94 valence electrons. The Bertz CT molecular complexity index is 381. The fraction of sp³-hybridized carbons (Fsp3) is 0.667. The number of piperidine rings is 1. The van der Waals surface area contributed by atoms with Crippen molar-refractivity contribution in [2.24, 2.45) is 13.0 Å². The highest BCUT2D eigenvalue weighted by molar-refractivity contribution is 5.76. The lowest BCUT2D eigenvalue weighted by Gasteiger charge is -2.29. The summed E-state index contributed by atoms with van der Waals surface area (Å²) in [5.74, 6) is 0.602. The summed E-state index contributed by atoms with van der Waals surface area (Å²) in [6, 6.07) is 0.0708. The SMILES string of the molecule is COCC1CCN(C(=O)n2cc[n+](C)c2)CC1. The highest BCUT2D eigenvalue weighted by Gasteiger charge is 2.26. The number of aromatic nitrogens is 2. The smallest absolute Gasteiger partial charge is 0.384 e. The number of amides is 1. The first-order valence-corrected chi connectivity index (χ1v) is 6.02. The topological polar surface area (TPSA) is 38.4 Å². The molecule has 2 rings (SSSR count). The number of nitrogens with zero attached hydrogens (tertiary/aromatic N) is 3. The third kappa shape index (κ3) is 2.85.